The molecule has 3 aliphatic rings. The van der Waals surface area contributed by atoms with E-state index in [1.165, 1.54) is 0 Å². The maximum Gasteiger partial charge on any atom is 0.244 e. The van der Waals surface area contributed by atoms with Gasteiger partial charge in [-0.15, -0.1) is 0 Å². The molecule has 1 saturated heterocycles. The third-order valence-corrected chi connectivity index (χ3v) is 3.75. The van der Waals surface area contributed by atoms with Crippen LogP contribution in [-0.2, 0) is 10.4 Å². The molecule has 0 saturated carbocycles. The number of epoxide rings is 1. The SMILES string of the molecule is FC1=CC23OC2=C(F)C3(F)c2c(F)c(F)c(F)c(F)c21. The molecule has 1 aromatic rings. The van der Waals surface area contributed by atoms with Crippen molar-refractivity contribution >= 4 is 5.83 Å². The van der Waals surface area contributed by atoms with Gasteiger partial charge in [0.2, 0.25) is 11.3 Å². The van der Waals surface area contributed by atoms with Gasteiger partial charge >= 0.3 is 0 Å². The van der Waals surface area contributed by atoms with Crippen LogP contribution in [0.3, 0.4) is 0 Å². The zero-order chi connectivity index (χ0) is 14.6. The Morgan fingerprint density at radius 1 is 0.850 bits per heavy atom. The Kier molecular flexibility index (Phi) is 1.69. The summed E-state index contributed by atoms with van der Waals surface area (Å²) in [7, 11) is 0. The second kappa shape index (κ2) is 2.87. The highest BCUT2D eigenvalue weighted by atomic mass is 19.2. The topological polar surface area (TPSA) is 12.5 Å². The van der Waals surface area contributed by atoms with Gasteiger partial charge in [0, 0.05) is 6.08 Å². The van der Waals surface area contributed by atoms with E-state index < -0.39 is 63.1 Å². The summed E-state index contributed by atoms with van der Waals surface area (Å²) >= 11 is 0. The summed E-state index contributed by atoms with van der Waals surface area (Å²) in [5.74, 6) is -12.7. The third kappa shape index (κ3) is 0.853. The minimum atomic E-state index is -3.38. The first-order valence-corrected chi connectivity index (χ1v) is 5.31. The molecule has 1 heterocycles. The molecule has 1 aromatic carbocycles. The zero-order valence-electron chi connectivity index (χ0n) is 9.13. The predicted octanol–water partition coefficient (Wildman–Crippen LogP) is 3.70. The molecular weight excluding hydrogens is 293 g/mol. The summed E-state index contributed by atoms with van der Waals surface area (Å²) < 4.78 is 99.9. The lowest BCUT2D eigenvalue weighted by Crippen LogP contribution is -2.47. The fraction of sp³-hybridized carbons (Fsp3) is 0.167. The second-order valence-corrected chi connectivity index (χ2v) is 4.64. The Bertz CT molecular complexity index is 781. The van der Waals surface area contributed by atoms with E-state index in [4.69, 9.17) is 0 Å². The van der Waals surface area contributed by atoms with Crippen LogP contribution >= 0.6 is 0 Å². The molecule has 4 rings (SSSR count). The van der Waals surface area contributed by atoms with E-state index >= 15 is 0 Å². The van der Waals surface area contributed by atoms with Crippen molar-refractivity contribution in [2.75, 3.05) is 0 Å². The number of benzene rings is 1. The summed E-state index contributed by atoms with van der Waals surface area (Å²) in [6.45, 7) is 0. The van der Waals surface area contributed by atoms with Gasteiger partial charge in [-0.3, -0.25) is 0 Å². The highest BCUT2D eigenvalue weighted by molar-refractivity contribution is 5.78. The molecule has 1 nitrogen and oxygen atoms in total. The first-order chi connectivity index (χ1) is 9.27. The third-order valence-electron chi connectivity index (χ3n) is 3.75. The summed E-state index contributed by atoms with van der Waals surface area (Å²) in [5.41, 5.74) is -8.63. The zero-order valence-corrected chi connectivity index (χ0v) is 9.13. The van der Waals surface area contributed by atoms with E-state index in [0.717, 1.165) is 0 Å². The van der Waals surface area contributed by atoms with Crippen LogP contribution in [0.4, 0.5) is 30.7 Å². The van der Waals surface area contributed by atoms with Crippen LogP contribution in [-0.4, -0.2) is 5.60 Å². The summed E-state index contributed by atoms with van der Waals surface area (Å²) in [6.07, 6.45) is 0.383. The molecule has 20 heavy (non-hydrogen) atoms. The number of hydrogen-bond donors (Lipinski definition) is 0. The first kappa shape index (κ1) is 11.8. The molecule has 2 unspecified atom stereocenters. The largest absolute Gasteiger partial charge is 0.467 e. The standard InChI is InChI=1S/C12HF7O/c13-2-1-11-10(20-11)9(18)12(11,19)4-3(2)5(14)7(16)8(17)6(4)15/h1H. The van der Waals surface area contributed by atoms with Crippen molar-refractivity contribution in [2.24, 2.45) is 0 Å². The van der Waals surface area contributed by atoms with Crippen molar-refractivity contribution in [2.45, 2.75) is 11.3 Å². The van der Waals surface area contributed by atoms with Gasteiger partial charge < -0.3 is 4.74 Å². The number of halogens is 7. The van der Waals surface area contributed by atoms with Crippen LogP contribution in [0.25, 0.3) is 5.83 Å². The number of fused-ring (bicyclic) bond motifs is 2. The van der Waals surface area contributed by atoms with Crippen molar-refractivity contribution in [1.29, 1.82) is 0 Å². The lowest BCUT2D eigenvalue weighted by Gasteiger charge is -2.35. The molecule has 1 aliphatic heterocycles. The van der Waals surface area contributed by atoms with Crippen LogP contribution in [0, 0.1) is 23.3 Å². The molecule has 1 spiro atoms. The maximum absolute atomic E-state index is 14.6. The van der Waals surface area contributed by atoms with Gasteiger partial charge in [-0.1, -0.05) is 0 Å². The number of hydrogen-bond acceptors (Lipinski definition) is 1. The van der Waals surface area contributed by atoms with Gasteiger partial charge in [-0.05, 0) is 0 Å². The molecular formula is C12HF7O. The molecule has 104 valence electrons. The second-order valence-electron chi connectivity index (χ2n) is 4.64. The Labute approximate surface area is 105 Å². The van der Waals surface area contributed by atoms with Crippen LogP contribution in [0.1, 0.15) is 11.1 Å². The highest BCUT2D eigenvalue weighted by Gasteiger charge is 2.84. The minimum Gasteiger partial charge on any atom is -0.467 e. The Hall–Kier alpha value is -1.99. The summed E-state index contributed by atoms with van der Waals surface area (Å²) in [6, 6.07) is 0. The van der Waals surface area contributed by atoms with Crippen LogP contribution in [0.5, 0.6) is 0 Å². The first-order valence-electron chi connectivity index (χ1n) is 5.31. The van der Waals surface area contributed by atoms with Crippen molar-refractivity contribution in [3.8, 4) is 0 Å². The lowest BCUT2D eigenvalue weighted by molar-refractivity contribution is 0.0729. The van der Waals surface area contributed by atoms with E-state index in [1.807, 2.05) is 0 Å². The molecule has 0 radical (unpaired) electrons. The van der Waals surface area contributed by atoms with E-state index in [1.54, 1.807) is 0 Å². The number of ether oxygens (including phenoxy) is 1. The molecule has 1 fully saturated rings. The number of rotatable bonds is 0. The van der Waals surface area contributed by atoms with Crippen molar-refractivity contribution in [1.82, 2.24) is 0 Å². The van der Waals surface area contributed by atoms with E-state index in [0.29, 0.717) is 6.08 Å². The Morgan fingerprint density at radius 2 is 1.45 bits per heavy atom. The van der Waals surface area contributed by atoms with E-state index in [2.05, 4.69) is 4.74 Å². The average molecular weight is 294 g/mol. The van der Waals surface area contributed by atoms with Gasteiger partial charge in [0.25, 0.3) is 0 Å². The molecule has 0 bridgehead atoms. The van der Waals surface area contributed by atoms with Crippen LogP contribution < -0.4 is 0 Å². The van der Waals surface area contributed by atoms with Gasteiger partial charge in [-0.2, -0.15) is 0 Å². The summed E-state index contributed by atoms with van der Waals surface area (Å²) in [5, 5.41) is 0. The monoisotopic (exact) mass is 294 g/mol. The molecule has 2 atom stereocenters. The maximum atomic E-state index is 14.6. The fourth-order valence-corrected chi connectivity index (χ4v) is 2.75. The quantitative estimate of drug-likeness (QED) is 0.308. The Balaban J connectivity index is 2.17. The smallest absolute Gasteiger partial charge is 0.244 e. The van der Waals surface area contributed by atoms with Crippen LogP contribution in [0.2, 0.25) is 0 Å². The summed E-state index contributed by atoms with van der Waals surface area (Å²) in [4.78, 5) is 0. The molecule has 2 aliphatic carbocycles. The number of alkyl halides is 1. The molecule has 0 amide bonds. The lowest BCUT2D eigenvalue weighted by atomic mass is 9.67. The normalized spacial score (nSPS) is 32.6. The molecule has 8 heteroatoms. The van der Waals surface area contributed by atoms with Gasteiger partial charge in [0.05, 0.1) is 11.1 Å². The van der Waals surface area contributed by atoms with Crippen molar-refractivity contribution < 1.29 is 35.5 Å². The Morgan fingerprint density at radius 3 is 2.05 bits per heavy atom. The average Bonchev–Trinajstić information content (AvgIpc) is 3.08. The van der Waals surface area contributed by atoms with Crippen molar-refractivity contribution in [3.05, 3.63) is 52.1 Å². The minimum absolute atomic E-state index is 0.383. The fourth-order valence-electron chi connectivity index (χ4n) is 2.75. The molecule has 0 aromatic heterocycles. The van der Waals surface area contributed by atoms with Gasteiger partial charge in [0.15, 0.2) is 34.9 Å². The van der Waals surface area contributed by atoms with Crippen LogP contribution in [0.15, 0.2) is 17.7 Å². The van der Waals surface area contributed by atoms with E-state index in [-0.39, 0.29) is 0 Å². The van der Waals surface area contributed by atoms with Crippen molar-refractivity contribution in [3.63, 3.8) is 0 Å². The van der Waals surface area contributed by atoms with Gasteiger partial charge in [-0.25, -0.2) is 30.7 Å². The highest BCUT2D eigenvalue weighted by Crippen LogP contribution is 2.74. The van der Waals surface area contributed by atoms with Gasteiger partial charge in [0.1, 0.15) is 5.83 Å². The predicted molar refractivity (Wildman–Crippen MR) is 50.1 cm³/mol. The molecule has 0 N–H and O–H groups in total. The van der Waals surface area contributed by atoms with E-state index in [9.17, 15) is 30.7 Å².